The highest BCUT2D eigenvalue weighted by molar-refractivity contribution is 5.95. The number of aryl methyl sites for hydroxylation is 1. The summed E-state index contributed by atoms with van der Waals surface area (Å²) in [5.74, 6) is 0.291. The van der Waals surface area contributed by atoms with Crippen LogP contribution in [0, 0.1) is 6.92 Å². The third kappa shape index (κ3) is 4.85. The van der Waals surface area contributed by atoms with Crippen LogP contribution in [0.5, 0.6) is 0 Å². The van der Waals surface area contributed by atoms with E-state index < -0.39 is 0 Å². The highest BCUT2D eigenvalue weighted by Crippen LogP contribution is 2.17. The molecular formula is C22H23N3O2. The molecule has 1 heterocycles. The summed E-state index contributed by atoms with van der Waals surface area (Å²) < 4.78 is 5.12. The Morgan fingerprint density at radius 1 is 1.11 bits per heavy atom. The quantitative estimate of drug-likeness (QED) is 0.502. The van der Waals surface area contributed by atoms with Gasteiger partial charge in [0, 0.05) is 18.8 Å². The van der Waals surface area contributed by atoms with Crippen molar-refractivity contribution < 1.29 is 9.21 Å². The second-order valence-electron chi connectivity index (χ2n) is 6.18. The molecule has 0 saturated carbocycles. The van der Waals surface area contributed by atoms with E-state index in [2.05, 4.69) is 58.7 Å². The van der Waals surface area contributed by atoms with Crippen LogP contribution in [-0.4, -0.2) is 18.7 Å². The maximum Gasteiger partial charge on any atom is 0.274 e. The number of benzene rings is 2. The predicted octanol–water partition coefficient (Wildman–Crippen LogP) is 4.38. The van der Waals surface area contributed by atoms with E-state index in [9.17, 15) is 4.79 Å². The number of nitrogens with one attached hydrogen (secondary N) is 1. The van der Waals surface area contributed by atoms with Crippen molar-refractivity contribution >= 4 is 17.8 Å². The number of carbonyl (C=O) groups excluding carboxylic acids is 1. The van der Waals surface area contributed by atoms with Crippen LogP contribution in [0.4, 0.5) is 5.69 Å². The van der Waals surface area contributed by atoms with Crippen LogP contribution < -0.4 is 10.3 Å². The van der Waals surface area contributed by atoms with E-state index in [4.69, 9.17) is 4.42 Å². The molecule has 5 heteroatoms. The molecule has 1 amide bonds. The molecule has 0 fully saturated rings. The number of rotatable bonds is 7. The van der Waals surface area contributed by atoms with Crippen molar-refractivity contribution in [3.63, 3.8) is 0 Å². The summed E-state index contributed by atoms with van der Waals surface area (Å²) in [7, 11) is 0. The Balaban J connectivity index is 1.60. The number of carbonyl (C=O) groups is 1. The SMILES string of the molecule is CCN(Cc1ccccc1)c1ccc(/C=N/NC(=O)c2ccoc2C)cc1. The molecule has 138 valence electrons. The smallest absolute Gasteiger partial charge is 0.274 e. The Labute approximate surface area is 159 Å². The lowest BCUT2D eigenvalue weighted by Gasteiger charge is -2.23. The van der Waals surface area contributed by atoms with Crippen LogP contribution in [-0.2, 0) is 6.54 Å². The van der Waals surface area contributed by atoms with E-state index in [1.165, 1.54) is 11.8 Å². The van der Waals surface area contributed by atoms with E-state index in [0.29, 0.717) is 11.3 Å². The molecule has 3 aromatic rings. The molecule has 0 spiro atoms. The first-order valence-corrected chi connectivity index (χ1v) is 8.94. The number of hydrogen-bond acceptors (Lipinski definition) is 4. The van der Waals surface area contributed by atoms with Crippen LogP contribution >= 0.6 is 0 Å². The van der Waals surface area contributed by atoms with Crippen molar-refractivity contribution in [3.05, 3.63) is 89.4 Å². The van der Waals surface area contributed by atoms with Gasteiger partial charge in [-0.05, 0) is 43.2 Å². The molecule has 0 saturated heterocycles. The zero-order valence-corrected chi connectivity index (χ0v) is 15.6. The fourth-order valence-electron chi connectivity index (χ4n) is 2.81. The highest BCUT2D eigenvalue weighted by atomic mass is 16.3. The summed E-state index contributed by atoms with van der Waals surface area (Å²) >= 11 is 0. The third-order valence-corrected chi connectivity index (χ3v) is 4.34. The molecule has 0 bridgehead atoms. The highest BCUT2D eigenvalue weighted by Gasteiger charge is 2.10. The Kier molecular flexibility index (Phi) is 6.05. The minimum Gasteiger partial charge on any atom is -0.469 e. The van der Waals surface area contributed by atoms with Crippen molar-refractivity contribution in [3.8, 4) is 0 Å². The van der Waals surface area contributed by atoms with Gasteiger partial charge in [0.1, 0.15) is 5.76 Å². The number of amides is 1. The monoisotopic (exact) mass is 361 g/mol. The zero-order chi connectivity index (χ0) is 19.1. The average molecular weight is 361 g/mol. The molecule has 0 radical (unpaired) electrons. The second kappa shape index (κ2) is 8.85. The van der Waals surface area contributed by atoms with Crippen molar-refractivity contribution in [1.29, 1.82) is 0 Å². The maximum absolute atomic E-state index is 12.0. The molecule has 0 aliphatic carbocycles. The summed E-state index contributed by atoms with van der Waals surface area (Å²) in [6.07, 6.45) is 3.12. The van der Waals surface area contributed by atoms with Gasteiger partial charge in [-0.1, -0.05) is 42.5 Å². The summed E-state index contributed by atoms with van der Waals surface area (Å²) in [5.41, 5.74) is 6.35. The molecule has 1 N–H and O–H groups in total. The zero-order valence-electron chi connectivity index (χ0n) is 15.6. The van der Waals surface area contributed by atoms with E-state index in [-0.39, 0.29) is 5.91 Å². The van der Waals surface area contributed by atoms with Gasteiger partial charge < -0.3 is 9.32 Å². The van der Waals surface area contributed by atoms with Gasteiger partial charge in [-0.25, -0.2) is 5.43 Å². The van der Waals surface area contributed by atoms with Gasteiger partial charge in [0.05, 0.1) is 18.0 Å². The van der Waals surface area contributed by atoms with Crippen LogP contribution in [0.15, 0.2) is 76.4 Å². The van der Waals surface area contributed by atoms with E-state index in [1.807, 2.05) is 18.2 Å². The molecule has 2 aromatic carbocycles. The van der Waals surface area contributed by atoms with Crippen LogP contribution in [0.25, 0.3) is 0 Å². The normalized spacial score (nSPS) is 10.9. The van der Waals surface area contributed by atoms with Gasteiger partial charge in [-0.15, -0.1) is 0 Å². The summed E-state index contributed by atoms with van der Waals surface area (Å²) in [6.45, 7) is 5.67. The molecule has 0 aliphatic heterocycles. The molecular weight excluding hydrogens is 338 g/mol. The fourth-order valence-corrected chi connectivity index (χ4v) is 2.81. The fraction of sp³-hybridized carbons (Fsp3) is 0.182. The van der Waals surface area contributed by atoms with Crippen molar-refractivity contribution in [2.24, 2.45) is 5.10 Å². The molecule has 0 aliphatic rings. The largest absolute Gasteiger partial charge is 0.469 e. The molecule has 5 nitrogen and oxygen atoms in total. The van der Waals surface area contributed by atoms with Crippen molar-refractivity contribution in [2.45, 2.75) is 20.4 Å². The standard InChI is InChI=1S/C22H23N3O2/c1-3-25(16-19-7-5-4-6-8-19)20-11-9-18(10-12-20)15-23-24-22(26)21-13-14-27-17(21)2/h4-15H,3,16H2,1-2H3,(H,24,26)/b23-15+. The summed E-state index contributed by atoms with van der Waals surface area (Å²) in [5, 5.41) is 4.02. The predicted molar refractivity (Wildman–Crippen MR) is 108 cm³/mol. The van der Waals surface area contributed by atoms with Crippen LogP contribution in [0.2, 0.25) is 0 Å². The minimum atomic E-state index is -0.283. The second-order valence-corrected chi connectivity index (χ2v) is 6.18. The molecule has 0 atom stereocenters. The topological polar surface area (TPSA) is 57.8 Å². The van der Waals surface area contributed by atoms with Crippen molar-refractivity contribution in [1.82, 2.24) is 5.43 Å². The minimum absolute atomic E-state index is 0.283. The first-order valence-electron chi connectivity index (χ1n) is 8.94. The number of anilines is 1. The number of nitrogens with zero attached hydrogens (tertiary/aromatic N) is 2. The summed E-state index contributed by atoms with van der Waals surface area (Å²) in [4.78, 5) is 14.3. The van der Waals surface area contributed by atoms with Gasteiger partial charge in [0.25, 0.3) is 5.91 Å². The number of furan rings is 1. The van der Waals surface area contributed by atoms with Gasteiger partial charge in [-0.3, -0.25) is 4.79 Å². The first kappa shape index (κ1) is 18.5. The number of hydrogen-bond donors (Lipinski definition) is 1. The molecule has 0 unspecified atom stereocenters. The Morgan fingerprint density at radius 3 is 2.48 bits per heavy atom. The van der Waals surface area contributed by atoms with Gasteiger partial charge in [-0.2, -0.15) is 5.10 Å². The first-order chi connectivity index (χ1) is 13.2. The Bertz CT molecular complexity index is 899. The van der Waals surface area contributed by atoms with Crippen LogP contribution in [0.1, 0.15) is 34.2 Å². The van der Waals surface area contributed by atoms with Crippen molar-refractivity contribution in [2.75, 3.05) is 11.4 Å². The van der Waals surface area contributed by atoms with Crippen LogP contribution in [0.3, 0.4) is 0 Å². The Morgan fingerprint density at radius 2 is 1.85 bits per heavy atom. The lowest BCUT2D eigenvalue weighted by atomic mass is 10.1. The maximum atomic E-state index is 12.0. The van der Waals surface area contributed by atoms with E-state index in [0.717, 1.165) is 24.3 Å². The average Bonchev–Trinajstić information content (AvgIpc) is 3.13. The van der Waals surface area contributed by atoms with Gasteiger partial charge in [0.2, 0.25) is 0 Å². The van der Waals surface area contributed by atoms with E-state index in [1.54, 1.807) is 19.2 Å². The lowest BCUT2D eigenvalue weighted by molar-refractivity contribution is 0.0953. The molecule has 1 aromatic heterocycles. The van der Waals surface area contributed by atoms with Gasteiger partial charge in [0.15, 0.2) is 0 Å². The summed E-state index contributed by atoms with van der Waals surface area (Å²) in [6, 6.07) is 20.1. The third-order valence-electron chi connectivity index (χ3n) is 4.34. The van der Waals surface area contributed by atoms with Gasteiger partial charge >= 0.3 is 0 Å². The molecule has 3 rings (SSSR count). The Hall–Kier alpha value is -3.34. The molecule has 27 heavy (non-hydrogen) atoms. The van der Waals surface area contributed by atoms with E-state index >= 15 is 0 Å². The lowest BCUT2D eigenvalue weighted by Crippen LogP contribution is -2.21. The number of hydrazone groups is 1.